The zero-order valence-electron chi connectivity index (χ0n) is 12.5. The van der Waals surface area contributed by atoms with Gasteiger partial charge in [-0.1, -0.05) is 13.0 Å². The molecule has 2 N–H and O–H groups in total. The summed E-state index contributed by atoms with van der Waals surface area (Å²) < 4.78 is 16.0. The van der Waals surface area contributed by atoms with Crippen LogP contribution in [0.3, 0.4) is 0 Å². The number of hydrogen-bond acceptors (Lipinski definition) is 5. The lowest BCUT2D eigenvalue weighted by atomic mass is 10.2. The first kappa shape index (κ1) is 19.0. The van der Waals surface area contributed by atoms with E-state index in [1.54, 1.807) is 14.2 Å². The summed E-state index contributed by atoms with van der Waals surface area (Å²) in [7, 11) is 2.46. The van der Waals surface area contributed by atoms with E-state index in [4.69, 9.17) is 24.0 Å². The van der Waals surface area contributed by atoms with E-state index in [1.165, 1.54) is 20.3 Å². The third kappa shape index (κ3) is 11.5. The summed E-state index contributed by atoms with van der Waals surface area (Å²) in [6.07, 6.45) is 6.16. The Balaban J connectivity index is 0.000000555. The summed E-state index contributed by atoms with van der Waals surface area (Å²) >= 11 is 0. The van der Waals surface area contributed by atoms with Crippen molar-refractivity contribution in [2.45, 2.75) is 58.0 Å². The molecule has 19 heavy (non-hydrogen) atoms. The Morgan fingerprint density at radius 2 is 1.79 bits per heavy atom. The Kier molecular flexibility index (Phi) is 9.79. The van der Waals surface area contributed by atoms with E-state index >= 15 is 0 Å². The molecular weight excluding hydrogens is 267 g/mol. The van der Waals surface area contributed by atoms with Crippen molar-refractivity contribution in [3.8, 4) is 0 Å². The molecule has 0 aliphatic carbocycles. The highest BCUT2D eigenvalue weighted by Crippen LogP contribution is 2.38. The van der Waals surface area contributed by atoms with E-state index < -0.39 is 14.2 Å². The summed E-state index contributed by atoms with van der Waals surface area (Å²) in [4.78, 5) is 0. The zero-order valence-corrected chi connectivity index (χ0v) is 13.4. The van der Waals surface area contributed by atoms with Gasteiger partial charge in [0.2, 0.25) is 0 Å². The third-order valence-corrected chi connectivity index (χ3v) is 3.51. The highest BCUT2D eigenvalue weighted by molar-refractivity contribution is 7.50. The van der Waals surface area contributed by atoms with Gasteiger partial charge in [0, 0.05) is 14.2 Å². The largest absolute Gasteiger partial charge is 0.371 e. The fraction of sp³-hybridized carbons (Fsp3) is 0.846. The van der Waals surface area contributed by atoms with Crippen LogP contribution >= 0.6 is 8.38 Å². The quantitative estimate of drug-likeness (QED) is 0.603. The normalized spacial score (nSPS) is 23.8. The predicted molar refractivity (Wildman–Crippen MR) is 76.8 cm³/mol. The molecule has 6 heteroatoms. The van der Waals surface area contributed by atoms with Gasteiger partial charge in [-0.25, -0.2) is 0 Å². The lowest BCUT2D eigenvalue weighted by Crippen LogP contribution is -2.15. The van der Waals surface area contributed by atoms with Gasteiger partial charge >= 0.3 is 0 Å². The van der Waals surface area contributed by atoms with Gasteiger partial charge in [-0.05, 0) is 38.9 Å². The molecule has 1 heterocycles. The first-order valence-corrected chi connectivity index (χ1v) is 7.70. The van der Waals surface area contributed by atoms with E-state index in [0.29, 0.717) is 6.10 Å². The molecule has 0 aromatic rings. The maximum atomic E-state index is 8.08. The third-order valence-electron chi connectivity index (χ3n) is 2.38. The van der Waals surface area contributed by atoms with Crippen molar-refractivity contribution in [1.29, 1.82) is 0 Å². The van der Waals surface area contributed by atoms with Gasteiger partial charge < -0.3 is 24.0 Å². The highest BCUT2D eigenvalue weighted by atomic mass is 31.2. The van der Waals surface area contributed by atoms with Gasteiger partial charge in [0.15, 0.2) is 14.2 Å². The van der Waals surface area contributed by atoms with E-state index in [1.807, 2.05) is 5.82 Å². The minimum atomic E-state index is -1.50. The first-order chi connectivity index (χ1) is 8.80. The van der Waals surface area contributed by atoms with Crippen LogP contribution in [0.15, 0.2) is 11.9 Å². The van der Waals surface area contributed by atoms with Crippen molar-refractivity contribution in [1.82, 2.24) is 0 Å². The number of rotatable bonds is 5. The van der Waals surface area contributed by atoms with Gasteiger partial charge in [-0.15, -0.1) is 0 Å². The second-order valence-electron chi connectivity index (χ2n) is 4.77. The van der Waals surface area contributed by atoms with Gasteiger partial charge in [-0.2, -0.15) is 0 Å². The lowest BCUT2D eigenvalue weighted by Gasteiger charge is -2.10. The maximum Gasteiger partial charge on any atom is 0.196 e. The van der Waals surface area contributed by atoms with Gasteiger partial charge in [0.1, 0.15) is 0 Å². The van der Waals surface area contributed by atoms with Crippen molar-refractivity contribution in [2.24, 2.45) is 0 Å². The van der Waals surface area contributed by atoms with E-state index in [0.717, 1.165) is 12.8 Å². The molecule has 1 aliphatic heterocycles. The van der Waals surface area contributed by atoms with Gasteiger partial charge in [0.05, 0.1) is 12.2 Å². The van der Waals surface area contributed by atoms with Crippen LogP contribution in [0, 0.1) is 0 Å². The minimum Gasteiger partial charge on any atom is -0.371 e. The van der Waals surface area contributed by atoms with Crippen LogP contribution in [0.4, 0.5) is 0 Å². The molecule has 5 nitrogen and oxygen atoms in total. The topological polar surface area (TPSA) is 68.2 Å². The van der Waals surface area contributed by atoms with Crippen molar-refractivity contribution < 1.29 is 24.0 Å². The predicted octanol–water partition coefficient (Wildman–Crippen LogP) is 2.77. The Labute approximate surface area is 117 Å². The van der Waals surface area contributed by atoms with E-state index in [9.17, 15) is 0 Å². The molecule has 114 valence electrons. The zero-order chi connectivity index (χ0) is 14.9. The molecule has 0 amide bonds. The van der Waals surface area contributed by atoms with Gasteiger partial charge in [0.25, 0.3) is 0 Å². The fourth-order valence-corrected chi connectivity index (χ4v) is 2.26. The maximum absolute atomic E-state index is 8.08. The molecular formula is C13H27O5P. The van der Waals surface area contributed by atoms with Crippen LogP contribution < -0.4 is 0 Å². The average molecular weight is 294 g/mol. The summed E-state index contributed by atoms with van der Waals surface area (Å²) in [6.45, 7) is 4.76. The molecule has 0 bridgehead atoms. The molecule has 1 fully saturated rings. The molecule has 0 aromatic heterocycles. The monoisotopic (exact) mass is 294 g/mol. The smallest absolute Gasteiger partial charge is 0.196 e. The SMILES string of the molecule is CC(C)(O)O.CCC1CCC(/C=C/P(OC)OC)O1. The molecule has 0 aromatic carbocycles. The van der Waals surface area contributed by atoms with E-state index in [-0.39, 0.29) is 6.10 Å². The molecule has 1 aliphatic rings. The van der Waals surface area contributed by atoms with Crippen LogP contribution in [0.1, 0.15) is 40.0 Å². The number of aliphatic hydroxyl groups is 2. The summed E-state index contributed by atoms with van der Waals surface area (Å²) in [5, 5.41) is 16.2. The van der Waals surface area contributed by atoms with Crippen LogP contribution in [0.5, 0.6) is 0 Å². The molecule has 1 rings (SSSR count). The van der Waals surface area contributed by atoms with Crippen molar-refractivity contribution in [2.75, 3.05) is 14.2 Å². The summed E-state index contributed by atoms with van der Waals surface area (Å²) in [6, 6.07) is 0. The first-order valence-electron chi connectivity index (χ1n) is 6.46. The Morgan fingerprint density at radius 3 is 2.16 bits per heavy atom. The molecule has 2 atom stereocenters. The van der Waals surface area contributed by atoms with Crippen LogP contribution in [0.25, 0.3) is 0 Å². The minimum absolute atomic E-state index is 0.259. The second kappa shape index (κ2) is 9.81. The standard InChI is InChI=1S/C10H19O3P.C3H8O2/c1-4-9-5-6-10(13-9)7-8-14(11-2)12-3;1-3(2,4)5/h7-10H,4-6H2,1-3H3;4-5H,1-2H3/b8-7+;. The molecule has 0 spiro atoms. The van der Waals surface area contributed by atoms with Crippen molar-refractivity contribution in [3.63, 3.8) is 0 Å². The highest BCUT2D eigenvalue weighted by Gasteiger charge is 2.21. The lowest BCUT2D eigenvalue weighted by molar-refractivity contribution is -0.127. The van der Waals surface area contributed by atoms with Crippen molar-refractivity contribution in [3.05, 3.63) is 11.9 Å². The van der Waals surface area contributed by atoms with Crippen LogP contribution in [-0.4, -0.2) is 42.4 Å². The molecule has 0 radical (unpaired) electrons. The number of ether oxygens (including phenoxy) is 1. The number of hydrogen-bond donors (Lipinski definition) is 2. The Morgan fingerprint density at radius 1 is 1.26 bits per heavy atom. The van der Waals surface area contributed by atoms with Crippen LogP contribution in [-0.2, 0) is 13.8 Å². The molecule has 0 saturated carbocycles. The Hall–Kier alpha value is -0.0300. The Bertz CT molecular complexity index is 242. The summed E-state index contributed by atoms with van der Waals surface area (Å²) in [5.41, 5.74) is 0. The van der Waals surface area contributed by atoms with Crippen LogP contribution in [0.2, 0.25) is 0 Å². The second-order valence-corrected chi connectivity index (χ2v) is 6.37. The van der Waals surface area contributed by atoms with Crippen molar-refractivity contribution >= 4 is 8.38 Å². The summed E-state index contributed by atoms with van der Waals surface area (Å²) in [5.74, 6) is 0.470. The molecule has 2 unspecified atom stereocenters. The van der Waals surface area contributed by atoms with E-state index in [2.05, 4.69) is 13.0 Å². The molecule has 1 saturated heterocycles. The van der Waals surface area contributed by atoms with Gasteiger partial charge in [-0.3, -0.25) is 0 Å². The fourth-order valence-electron chi connectivity index (χ4n) is 1.54. The average Bonchev–Trinajstić information content (AvgIpc) is 2.76.